The molecule has 3 rings (SSSR count). The molecule has 0 radical (unpaired) electrons. The van der Waals surface area contributed by atoms with Crippen molar-refractivity contribution in [3.05, 3.63) is 20.7 Å². The highest BCUT2D eigenvalue weighted by Crippen LogP contribution is 2.32. The summed E-state index contributed by atoms with van der Waals surface area (Å²) in [6, 6.07) is 4.31. The molecule has 2 aliphatic heterocycles. The van der Waals surface area contributed by atoms with E-state index in [1.54, 1.807) is 13.2 Å². The molecule has 2 fully saturated rings. The number of benzene rings is 1. The highest BCUT2D eigenvalue weighted by Gasteiger charge is 2.38. The van der Waals surface area contributed by atoms with Gasteiger partial charge in [0.25, 0.3) is 0 Å². The minimum atomic E-state index is 0.122. The quantitative estimate of drug-likeness (QED) is 0.605. The van der Waals surface area contributed by atoms with Gasteiger partial charge in [0.1, 0.15) is 5.75 Å². The van der Waals surface area contributed by atoms with Gasteiger partial charge in [0.05, 0.1) is 24.4 Å². The van der Waals surface area contributed by atoms with Crippen LogP contribution in [0.15, 0.2) is 12.1 Å². The van der Waals surface area contributed by atoms with Crippen LogP contribution in [0.1, 0.15) is 20.8 Å². The molecule has 0 saturated carbocycles. The highest BCUT2D eigenvalue weighted by atomic mass is 127. The Balaban J connectivity index is 1.46. The van der Waals surface area contributed by atoms with Crippen molar-refractivity contribution in [1.29, 1.82) is 0 Å². The number of ether oxygens (including phenoxy) is 1. The largest absolute Gasteiger partial charge is 0.495 e. The third-order valence-corrected chi connectivity index (χ3v) is 7.19. The lowest BCUT2D eigenvalue weighted by molar-refractivity contribution is -0.132. The van der Waals surface area contributed by atoms with Crippen molar-refractivity contribution in [2.45, 2.75) is 32.4 Å². The number of hydrogen-bond acceptors (Lipinski definition) is 5. The van der Waals surface area contributed by atoms with Gasteiger partial charge in [0.2, 0.25) is 5.91 Å². The van der Waals surface area contributed by atoms with Gasteiger partial charge in [0.15, 0.2) is 0 Å². The first-order valence-corrected chi connectivity index (χ1v) is 11.2. The summed E-state index contributed by atoms with van der Waals surface area (Å²) in [4.78, 5) is 19.6. The van der Waals surface area contributed by atoms with Gasteiger partial charge in [-0.15, -0.1) is 0 Å². The maximum atomic E-state index is 12.6. The van der Waals surface area contributed by atoms with Crippen LogP contribution in [0.25, 0.3) is 0 Å². The lowest BCUT2D eigenvalue weighted by Crippen LogP contribution is -2.67. The first kappa shape index (κ1) is 21.9. The average Bonchev–Trinajstić information content (AvgIpc) is 2.60. The van der Waals surface area contributed by atoms with E-state index in [1.165, 1.54) is 0 Å². The Bertz CT molecular complexity index is 711. The average molecular weight is 521 g/mol. The van der Waals surface area contributed by atoms with Crippen LogP contribution in [0.5, 0.6) is 5.75 Å². The van der Waals surface area contributed by atoms with E-state index in [9.17, 15) is 4.79 Å². The molecular formula is C20H30ClIN4O2. The molecule has 156 valence electrons. The SMILES string of the molecule is COc1cc(Cl)c(I)cc1NCC(=O)N1CCN(C2CN(C(C)(C)C)C2)CC1. The van der Waals surface area contributed by atoms with Gasteiger partial charge in [-0.2, -0.15) is 0 Å². The normalized spacial score (nSPS) is 19.4. The molecule has 6 nitrogen and oxygen atoms in total. The monoisotopic (exact) mass is 520 g/mol. The summed E-state index contributed by atoms with van der Waals surface area (Å²) in [5, 5.41) is 3.85. The van der Waals surface area contributed by atoms with E-state index < -0.39 is 0 Å². The molecule has 8 heteroatoms. The number of carbonyl (C=O) groups is 1. The number of piperazine rings is 1. The molecule has 1 amide bonds. The maximum absolute atomic E-state index is 12.6. The predicted molar refractivity (Wildman–Crippen MR) is 122 cm³/mol. The number of likely N-dealkylation sites (tertiary alicyclic amines) is 1. The lowest BCUT2D eigenvalue weighted by Gasteiger charge is -2.53. The Morgan fingerprint density at radius 3 is 2.46 bits per heavy atom. The van der Waals surface area contributed by atoms with Crippen molar-refractivity contribution in [1.82, 2.24) is 14.7 Å². The number of hydrogen-bond donors (Lipinski definition) is 1. The van der Waals surface area contributed by atoms with Crippen LogP contribution >= 0.6 is 34.2 Å². The molecule has 0 aromatic heterocycles. The summed E-state index contributed by atoms with van der Waals surface area (Å²) < 4.78 is 6.29. The fourth-order valence-electron chi connectivity index (χ4n) is 3.69. The van der Waals surface area contributed by atoms with Crippen molar-refractivity contribution in [3.8, 4) is 5.75 Å². The van der Waals surface area contributed by atoms with E-state index in [0.29, 0.717) is 16.8 Å². The van der Waals surface area contributed by atoms with Gasteiger partial charge < -0.3 is 15.0 Å². The standard InChI is InChI=1S/C20H30ClIN4O2/c1-20(2,3)26-12-14(13-26)24-5-7-25(8-6-24)19(27)11-23-17-10-16(22)15(21)9-18(17)28-4/h9-10,14,23H,5-8,11-13H2,1-4H3. The summed E-state index contributed by atoms with van der Waals surface area (Å²) in [7, 11) is 1.60. The smallest absolute Gasteiger partial charge is 0.241 e. The van der Waals surface area contributed by atoms with Gasteiger partial charge in [-0.25, -0.2) is 0 Å². The van der Waals surface area contributed by atoms with E-state index >= 15 is 0 Å². The number of amides is 1. The minimum Gasteiger partial charge on any atom is -0.495 e. The van der Waals surface area contributed by atoms with Crippen LogP contribution in [0, 0.1) is 3.57 Å². The zero-order chi connectivity index (χ0) is 20.5. The summed E-state index contributed by atoms with van der Waals surface area (Å²) in [5.74, 6) is 0.771. The van der Waals surface area contributed by atoms with Crippen molar-refractivity contribution < 1.29 is 9.53 Å². The first-order chi connectivity index (χ1) is 13.2. The number of anilines is 1. The van der Waals surface area contributed by atoms with Crippen molar-refractivity contribution >= 4 is 45.8 Å². The van der Waals surface area contributed by atoms with Gasteiger partial charge in [0, 0.05) is 60.5 Å². The highest BCUT2D eigenvalue weighted by molar-refractivity contribution is 14.1. The van der Waals surface area contributed by atoms with Crippen LogP contribution in [-0.4, -0.2) is 85.1 Å². The van der Waals surface area contributed by atoms with Gasteiger partial charge >= 0.3 is 0 Å². The van der Waals surface area contributed by atoms with Crippen LogP contribution < -0.4 is 10.1 Å². The molecule has 0 unspecified atom stereocenters. The molecule has 1 aromatic carbocycles. The summed E-state index contributed by atoms with van der Waals surface area (Å²) >= 11 is 8.32. The Morgan fingerprint density at radius 2 is 1.89 bits per heavy atom. The Morgan fingerprint density at radius 1 is 1.25 bits per heavy atom. The number of halogens is 2. The molecule has 1 N–H and O–H groups in total. The van der Waals surface area contributed by atoms with Crippen molar-refractivity contribution in [3.63, 3.8) is 0 Å². The second-order valence-corrected chi connectivity index (χ2v) is 10.0. The number of methoxy groups -OCH3 is 1. The summed E-state index contributed by atoms with van der Waals surface area (Å²) in [5.41, 5.74) is 1.04. The van der Waals surface area contributed by atoms with Crippen LogP contribution in [-0.2, 0) is 4.79 Å². The number of carbonyl (C=O) groups excluding carboxylic acids is 1. The molecule has 2 saturated heterocycles. The van der Waals surface area contributed by atoms with E-state index in [4.69, 9.17) is 16.3 Å². The van der Waals surface area contributed by atoms with Gasteiger partial charge in [-0.1, -0.05) is 11.6 Å². The summed E-state index contributed by atoms with van der Waals surface area (Å²) in [6.07, 6.45) is 0. The molecule has 2 aliphatic rings. The molecule has 0 spiro atoms. The minimum absolute atomic E-state index is 0.122. The molecule has 0 aliphatic carbocycles. The molecule has 0 bridgehead atoms. The van der Waals surface area contributed by atoms with E-state index in [1.807, 2.05) is 11.0 Å². The molecule has 2 heterocycles. The molecule has 0 atom stereocenters. The zero-order valence-electron chi connectivity index (χ0n) is 17.1. The second kappa shape index (κ2) is 8.93. The van der Waals surface area contributed by atoms with Crippen molar-refractivity contribution in [2.24, 2.45) is 0 Å². The van der Waals surface area contributed by atoms with E-state index in [2.05, 4.69) is 58.5 Å². The number of rotatable bonds is 5. The Hall–Kier alpha value is -0.770. The third-order valence-electron chi connectivity index (χ3n) is 5.67. The maximum Gasteiger partial charge on any atom is 0.241 e. The van der Waals surface area contributed by atoms with Gasteiger partial charge in [-0.05, 0) is 49.4 Å². The lowest BCUT2D eigenvalue weighted by atomic mass is 9.96. The van der Waals surface area contributed by atoms with Crippen LogP contribution in [0.2, 0.25) is 5.02 Å². The summed E-state index contributed by atoms with van der Waals surface area (Å²) in [6.45, 7) is 12.8. The third kappa shape index (κ3) is 5.04. The zero-order valence-corrected chi connectivity index (χ0v) is 20.0. The molecule has 1 aromatic rings. The molecule has 28 heavy (non-hydrogen) atoms. The Kier molecular flexibility index (Phi) is 7.00. The molecular weight excluding hydrogens is 491 g/mol. The van der Waals surface area contributed by atoms with Crippen LogP contribution in [0.3, 0.4) is 0 Å². The van der Waals surface area contributed by atoms with Crippen LogP contribution in [0.4, 0.5) is 5.69 Å². The number of nitrogens with zero attached hydrogens (tertiary/aromatic N) is 3. The predicted octanol–water partition coefficient (Wildman–Crippen LogP) is 2.99. The van der Waals surface area contributed by atoms with E-state index in [-0.39, 0.29) is 18.0 Å². The van der Waals surface area contributed by atoms with Crippen molar-refractivity contribution in [2.75, 3.05) is 58.2 Å². The first-order valence-electron chi connectivity index (χ1n) is 9.73. The van der Waals surface area contributed by atoms with E-state index in [0.717, 1.165) is 48.5 Å². The Labute approximate surface area is 186 Å². The fraction of sp³-hybridized carbons (Fsp3) is 0.650. The fourth-order valence-corrected chi connectivity index (χ4v) is 4.31. The second-order valence-electron chi connectivity index (χ2n) is 8.47. The van der Waals surface area contributed by atoms with Gasteiger partial charge in [-0.3, -0.25) is 14.6 Å². The topological polar surface area (TPSA) is 48.1 Å². The number of nitrogens with one attached hydrogen (secondary N) is 1.